The van der Waals surface area contributed by atoms with E-state index in [4.69, 9.17) is 18.9 Å². The summed E-state index contributed by atoms with van der Waals surface area (Å²) >= 11 is 0. The molecule has 1 atom stereocenters. The molecule has 1 fully saturated rings. The third-order valence-corrected chi connectivity index (χ3v) is 6.80. The molecule has 2 aliphatic rings. The molecule has 3 aromatic rings. The molecule has 0 spiro atoms. The van der Waals surface area contributed by atoms with Crippen LogP contribution in [0.2, 0.25) is 0 Å². The third-order valence-electron chi connectivity index (χ3n) is 6.80. The van der Waals surface area contributed by atoms with Gasteiger partial charge >= 0.3 is 0 Å². The number of aliphatic hydroxyl groups is 1. The van der Waals surface area contributed by atoms with E-state index in [0.29, 0.717) is 60.6 Å². The number of aliphatic hydroxyl groups excluding tert-OH is 1. The minimum atomic E-state index is -0.870. The van der Waals surface area contributed by atoms with Gasteiger partial charge in [-0.15, -0.1) is 0 Å². The van der Waals surface area contributed by atoms with Gasteiger partial charge in [0.05, 0.1) is 24.8 Å². The van der Waals surface area contributed by atoms with Crippen molar-refractivity contribution in [1.29, 1.82) is 0 Å². The van der Waals surface area contributed by atoms with E-state index >= 15 is 0 Å². The van der Waals surface area contributed by atoms with Gasteiger partial charge in [0.2, 0.25) is 0 Å². The van der Waals surface area contributed by atoms with Crippen LogP contribution in [0, 0.1) is 0 Å². The number of nitrogens with zero attached hydrogens (tertiary/aromatic N) is 2. The highest BCUT2D eigenvalue weighted by atomic mass is 16.6. The van der Waals surface area contributed by atoms with Gasteiger partial charge in [0.25, 0.3) is 11.7 Å². The van der Waals surface area contributed by atoms with Gasteiger partial charge < -0.3 is 29.0 Å². The molecule has 3 heterocycles. The molecule has 5 rings (SSSR count). The highest BCUT2D eigenvalue weighted by molar-refractivity contribution is 6.46. The van der Waals surface area contributed by atoms with Crippen molar-refractivity contribution in [2.75, 3.05) is 26.4 Å². The zero-order valence-corrected chi connectivity index (χ0v) is 22.6. The number of pyridine rings is 1. The molecule has 1 saturated heterocycles. The molecule has 0 bridgehead atoms. The fraction of sp³-hybridized carbons (Fsp3) is 0.323. The van der Waals surface area contributed by atoms with Gasteiger partial charge in [0.1, 0.15) is 19.0 Å². The number of unbranched alkanes of at least 4 members (excludes halogenated alkanes) is 1. The Labute approximate surface area is 233 Å². The molecule has 9 nitrogen and oxygen atoms in total. The third kappa shape index (κ3) is 5.45. The number of rotatable bonds is 10. The van der Waals surface area contributed by atoms with Crippen LogP contribution in [0.1, 0.15) is 49.4 Å². The van der Waals surface area contributed by atoms with Crippen molar-refractivity contribution in [3.8, 4) is 23.0 Å². The summed E-state index contributed by atoms with van der Waals surface area (Å²) in [5.74, 6) is 0.332. The second-order valence-corrected chi connectivity index (χ2v) is 9.48. The average Bonchev–Trinajstić information content (AvgIpc) is 3.23. The summed E-state index contributed by atoms with van der Waals surface area (Å²) in [6.07, 6.45) is 5.15. The monoisotopic (exact) mass is 544 g/mol. The van der Waals surface area contributed by atoms with Crippen LogP contribution in [0.15, 0.2) is 66.5 Å². The number of ether oxygens (including phenoxy) is 4. The first-order valence-corrected chi connectivity index (χ1v) is 13.5. The molecule has 0 saturated carbocycles. The number of likely N-dealkylation sites (tertiary alicyclic amines) is 1. The number of benzene rings is 2. The van der Waals surface area contributed by atoms with Gasteiger partial charge in [0.15, 0.2) is 23.0 Å². The zero-order chi connectivity index (χ0) is 28.1. The summed E-state index contributed by atoms with van der Waals surface area (Å²) in [7, 11) is 0. The molecule has 1 N–H and O–H groups in total. The SMILES string of the molecule is CCCCOc1ccc(C2/C(=C(/O)c3ccc4c(c3)OCCO4)C(=O)C(=O)N2Cc2ccncc2)cc1OCC. The number of fused-ring (bicyclic) bond motifs is 1. The van der Waals surface area contributed by atoms with Crippen LogP contribution >= 0.6 is 0 Å². The van der Waals surface area contributed by atoms with E-state index in [9.17, 15) is 14.7 Å². The number of aromatic nitrogens is 1. The molecule has 0 aliphatic carbocycles. The first kappa shape index (κ1) is 27.1. The smallest absolute Gasteiger partial charge is 0.295 e. The first-order valence-electron chi connectivity index (χ1n) is 13.5. The minimum absolute atomic E-state index is 0.0159. The molecule has 1 amide bonds. The normalized spacial score (nSPS) is 17.6. The lowest BCUT2D eigenvalue weighted by Crippen LogP contribution is -2.29. The van der Waals surface area contributed by atoms with Crippen LogP contribution in [0.3, 0.4) is 0 Å². The standard InChI is InChI=1S/C31H32N2O7/c1-3-5-14-38-23-8-6-21(17-25(23)37-4-2)28-27(29(34)22-7-9-24-26(18-22)40-16-15-39-24)30(35)31(36)33(28)19-20-10-12-32-13-11-20/h6-13,17-18,28,34H,3-5,14-16,19H2,1-2H3/b29-27-. The average molecular weight is 545 g/mol. The Bertz CT molecular complexity index is 1420. The summed E-state index contributed by atoms with van der Waals surface area (Å²) in [5, 5.41) is 11.5. The van der Waals surface area contributed by atoms with E-state index < -0.39 is 17.7 Å². The summed E-state index contributed by atoms with van der Waals surface area (Å²) < 4.78 is 23.1. The van der Waals surface area contributed by atoms with Crippen LogP contribution in [-0.2, 0) is 16.1 Å². The van der Waals surface area contributed by atoms with E-state index in [0.717, 1.165) is 18.4 Å². The molecule has 1 unspecified atom stereocenters. The maximum atomic E-state index is 13.5. The van der Waals surface area contributed by atoms with E-state index in [1.807, 2.05) is 6.92 Å². The molecular weight excluding hydrogens is 512 g/mol. The Kier molecular flexibility index (Phi) is 8.19. The summed E-state index contributed by atoms with van der Waals surface area (Å²) in [6.45, 7) is 5.86. The first-order chi connectivity index (χ1) is 19.5. The highest BCUT2D eigenvalue weighted by Gasteiger charge is 2.46. The molecular formula is C31H32N2O7. The van der Waals surface area contributed by atoms with Crippen molar-refractivity contribution in [1.82, 2.24) is 9.88 Å². The van der Waals surface area contributed by atoms with E-state index in [2.05, 4.69) is 11.9 Å². The lowest BCUT2D eigenvalue weighted by Gasteiger charge is -2.26. The number of hydrogen-bond donors (Lipinski definition) is 1. The van der Waals surface area contributed by atoms with Gasteiger partial charge in [0, 0.05) is 24.5 Å². The molecule has 2 aliphatic heterocycles. The zero-order valence-electron chi connectivity index (χ0n) is 22.6. The largest absolute Gasteiger partial charge is 0.507 e. The van der Waals surface area contributed by atoms with Crippen molar-refractivity contribution in [2.45, 2.75) is 39.3 Å². The summed E-state index contributed by atoms with van der Waals surface area (Å²) in [4.78, 5) is 32.5. The Morgan fingerprint density at radius 1 is 0.975 bits per heavy atom. The van der Waals surface area contributed by atoms with Crippen molar-refractivity contribution in [3.05, 3.63) is 83.2 Å². The lowest BCUT2D eigenvalue weighted by molar-refractivity contribution is -0.140. The van der Waals surface area contributed by atoms with Crippen LogP contribution in [0.25, 0.3) is 5.76 Å². The van der Waals surface area contributed by atoms with Crippen molar-refractivity contribution >= 4 is 17.4 Å². The number of Topliss-reactive ketones (excluding diaryl/α,β-unsaturated/α-hetero) is 1. The summed E-state index contributed by atoms with van der Waals surface area (Å²) in [5.41, 5.74) is 1.74. The second-order valence-electron chi connectivity index (χ2n) is 9.48. The molecule has 40 heavy (non-hydrogen) atoms. The Morgan fingerprint density at radius 2 is 1.75 bits per heavy atom. The fourth-order valence-corrected chi connectivity index (χ4v) is 4.83. The van der Waals surface area contributed by atoms with E-state index in [1.165, 1.54) is 4.90 Å². The minimum Gasteiger partial charge on any atom is -0.507 e. The molecule has 9 heteroatoms. The second kappa shape index (κ2) is 12.1. The number of amides is 1. The van der Waals surface area contributed by atoms with E-state index in [-0.39, 0.29) is 17.9 Å². The van der Waals surface area contributed by atoms with Crippen LogP contribution in [-0.4, -0.2) is 53.1 Å². The topological polar surface area (TPSA) is 107 Å². The van der Waals surface area contributed by atoms with E-state index in [1.54, 1.807) is 60.9 Å². The van der Waals surface area contributed by atoms with Crippen molar-refractivity contribution in [2.24, 2.45) is 0 Å². The highest BCUT2D eigenvalue weighted by Crippen LogP contribution is 2.43. The van der Waals surface area contributed by atoms with Crippen LogP contribution in [0.5, 0.6) is 23.0 Å². The van der Waals surface area contributed by atoms with Crippen molar-refractivity contribution < 1.29 is 33.6 Å². The number of carbonyl (C=O) groups excluding carboxylic acids is 2. The molecule has 0 radical (unpaired) electrons. The Morgan fingerprint density at radius 3 is 2.50 bits per heavy atom. The van der Waals surface area contributed by atoms with Crippen molar-refractivity contribution in [3.63, 3.8) is 0 Å². The maximum absolute atomic E-state index is 13.5. The van der Waals surface area contributed by atoms with Gasteiger partial charge in [-0.25, -0.2) is 0 Å². The Hall–Kier alpha value is -4.53. The van der Waals surface area contributed by atoms with Gasteiger partial charge in [-0.3, -0.25) is 14.6 Å². The number of hydrogen-bond acceptors (Lipinski definition) is 8. The summed E-state index contributed by atoms with van der Waals surface area (Å²) in [6, 6.07) is 13.0. The number of ketones is 1. The number of carbonyl (C=O) groups is 2. The van der Waals surface area contributed by atoms with Gasteiger partial charge in [-0.1, -0.05) is 19.4 Å². The fourth-order valence-electron chi connectivity index (χ4n) is 4.83. The maximum Gasteiger partial charge on any atom is 0.295 e. The molecule has 1 aromatic heterocycles. The van der Waals surface area contributed by atoms with Crippen LogP contribution < -0.4 is 18.9 Å². The predicted molar refractivity (Wildman–Crippen MR) is 148 cm³/mol. The molecule has 208 valence electrons. The van der Waals surface area contributed by atoms with Gasteiger partial charge in [-0.05, 0) is 66.9 Å². The lowest BCUT2D eigenvalue weighted by atomic mass is 9.94. The predicted octanol–water partition coefficient (Wildman–Crippen LogP) is 5.05. The quantitative estimate of drug-likeness (QED) is 0.164. The van der Waals surface area contributed by atoms with Gasteiger partial charge in [-0.2, -0.15) is 0 Å². The Balaban J connectivity index is 1.61. The van der Waals surface area contributed by atoms with Crippen LogP contribution in [0.4, 0.5) is 0 Å². The molecule has 2 aromatic carbocycles.